The molecule has 4 aromatic rings. The van der Waals surface area contributed by atoms with Crippen LogP contribution in [-0.2, 0) is 15.0 Å². The second-order valence-corrected chi connectivity index (χ2v) is 10.7. The first kappa shape index (κ1) is 24.0. The highest BCUT2D eigenvalue weighted by Crippen LogP contribution is 2.63. The van der Waals surface area contributed by atoms with Crippen molar-refractivity contribution in [2.75, 3.05) is 10.6 Å². The average Bonchev–Trinajstić information content (AvgIpc) is 3.24. The number of hydrazone groups is 1. The molecule has 7 nitrogen and oxygen atoms in total. The van der Waals surface area contributed by atoms with Gasteiger partial charge in [0.25, 0.3) is 5.91 Å². The lowest BCUT2D eigenvalue weighted by molar-refractivity contribution is -0.122. The van der Waals surface area contributed by atoms with Crippen molar-refractivity contribution >= 4 is 35.3 Å². The number of hydrogen-bond donors (Lipinski definition) is 2. The topological polar surface area (TPSA) is 105 Å². The molecule has 0 saturated carbocycles. The predicted octanol–water partition coefficient (Wildman–Crippen LogP) is 4.54. The molecule has 7 heteroatoms. The highest BCUT2D eigenvalue weighted by Gasteiger charge is 2.68. The molecule has 1 saturated heterocycles. The zero-order valence-corrected chi connectivity index (χ0v) is 21.7. The van der Waals surface area contributed by atoms with Crippen LogP contribution < -0.4 is 16.1 Å². The fourth-order valence-electron chi connectivity index (χ4n) is 6.95. The number of aryl methyl sites for hydroxylation is 1. The molecule has 3 amide bonds. The maximum Gasteiger partial charge on any atom is 0.273 e. The first-order valence-corrected chi connectivity index (χ1v) is 13.3. The molecule has 3 aliphatic carbocycles. The number of rotatable bonds is 4. The number of nitrogens with one attached hydrogen (secondary N) is 1. The van der Waals surface area contributed by atoms with Crippen molar-refractivity contribution in [3.05, 3.63) is 130 Å². The smallest absolute Gasteiger partial charge is 0.273 e. The van der Waals surface area contributed by atoms with E-state index in [-0.39, 0.29) is 17.7 Å². The molecule has 1 fully saturated rings. The monoisotopic (exact) mass is 526 g/mol. The Labute approximate surface area is 231 Å². The first-order chi connectivity index (χ1) is 19.4. The Morgan fingerprint density at radius 1 is 0.850 bits per heavy atom. The molecule has 3 N–H and O–H groups in total. The van der Waals surface area contributed by atoms with Gasteiger partial charge in [0.1, 0.15) is 0 Å². The van der Waals surface area contributed by atoms with E-state index in [1.165, 1.54) is 4.90 Å². The van der Waals surface area contributed by atoms with E-state index in [0.29, 0.717) is 16.9 Å². The zero-order chi connectivity index (χ0) is 27.6. The third kappa shape index (κ3) is 3.18. The molecule has 0 aromatic heterocycles. The maximum absolute atomic E-state index is 14.4. The Morgan fingerprint density at radius 3 is 2.10 bits per heavy atom. The van der Waals surface area contributed by atoms with E-state index < -0.39 is 23.2 Å². The summed E-state index contributed by atoms with van der Waals surface area (Å²) in [6, 6.07) is 30.1. The zero-order valence-electron chi connectivity index (χ0n) is 21.7. The van der Waals surface area contributed by atoms with Crippen LogP contribution in [0.3, 0.4) is 0 Å². The van der Waals surface area contributed by atoms with Gasteiger partial charge in [-0.1, -0.05) is 78.4 Å². The van der Waals surface area contributed by atoms with Crippen LogP contribution >= 0.6 is 0 Å². The van der Waals surface area contributed by atoms with Crippen molar-refractivity contribution < 1.29 is 14.4 Å². The van der Waals surface area contributed by atoms with E-state index in [1.54, 1.807) is 30.5 Å². The Hall–Kier alpha value is -5.04. The molecule has 1 heterocycles. The quantitative estimate of drug-likeness (QED) is 0.176. The molecule has 0 unspecified atom stereocenters. The summed E-state index contributed by atoms with van der Waals surface area (Å²) in [6.07, 6.45) is 1.65. The Balaban J connectivity index is 1.41. The highest BCUT2D eigenvalue weighted by molar-refractivity contribution is 6.25. The SMILES string of the molecule is Cc1ccc(N2C(=O)[C@@H]3[C@@H](C2=O)C2c4ccccc4C3(/C=N\NC(=O)c3ccccc3N)c3ccccc32)cc1. The summed E-state index contributed by atoms with van der Waals surface area (Å²) in [7, 11) is 0. The summed E-state index contributed by atoms with van der Waals surface area (Å²) < 4.78 is 0. The lowest BCUT2D eigenvalue weighted by atomic mass is 9.47. The fraction of sp³-hybridized carbons (Fsp3) is 0.152. The summed E-state index contributed by atoms with van der Waals surface area (Å²) in [5.74, 6) is -2.53. The van der Waals surface area contributed by atoms with E-state index in [0.717, 1.165) is 27.8 Å². The Kier molecular flexibility index (Phi) is 5.25. The molecule has 40 heavy (non-hydrogen) atoms. The second kappa shape index (κ2) is 8.74. The van der Waals surface area contributed by atoms with Crippen molar-refractivity contribution in [1.82, 2.24) is 5.43 Å². The minimum atomic E-state index is -1.06. The second-order valence-electron chi connectivity index (χ2n) is 10.7. The van der Waals surface area contributed by atoms with Gasteiger partial charge in [-0.15, -0.1) is 0 Å². The number of imide groups is 1. The van der Waals surface area contributed by atoms with Crippen molar-refractivity contribution in [1.29, 1.82) is 0 Å². The largest absolute Gasteiger partial charge is 0.398 e. The number of nitrogen functional groups attached to an aromatic ring is 1. The molecule has 0 spiro atoms. The number of nitrogens with zero attached hydrogens (tertiary/aromatic N) is 2. The van der Waals surface area contributed by atoms with Gasteiger partial charge in [-0.2, -0.15) is 5.10 Å². The summed E-state index contributed by atoms with van der Waals surface area (Å²) in [5.41, 5.74) is 13.6. The third-order valence-electron chi connectivity index (χ3n) is 8.62. The van der Waals surface area contributed by atoms with Gasteiger partial charge in [-0.25, -0.2) is 10.3 Å². The number of hydrogen-bond acceptors (Lipinski definition) is 5. The van der Waals surface area contributed by atoms with Gasteiger partial charge in [-0.3, -0.25) is 14.4 Å². The third-order valence-corrected chi connectivity index (χ3v) is 8.62. The van der Waals surface area contributed by atoms with Gasteiger partial charge in [0, 0.05) is 17.8 Å². The van der Waals surface area contributed by atoms with Gasteiger partial charge in [-0.05, 0) is 53.4 Å². The number of carbonyl (C=O) groups is 3. The number of amides is 3. The molecule has 8 rings (SSSR count). The molecule has 2 atom stereocenters. The molecule has 4 aliphatic rings. The van der Waals surface area contributed by atoms with E-state index in [4.69, 9.17) is 5.73 Å². The normalized spacial score (nSPS) is 24.1. The number of benzene rings is 4. The molecule has 4 aromatic carbocycles. The van der Waals surface area contributed by atoms with Crippen molar-refractivity contribution in [3.63, 3.8) is 0 Å². The van der Waals surface area contributed by atoms with Gasteiger partial charge >= 0.3 is 0 Å². The lowest BCUT2D eigenvalue weighted by Crippen LogP contribution is -2.54. The van der Waals surface area contributed by atoms with Crippen molar-refractivity contribution in [3.8, 4) is 0 Å². The number of nitrogens with two attached hydrogens (primary N) is 1. The Bertz CT molecular complexity index is 1700. The number of carbonyl (C=O) groups excluding carboxylic acids is 3. The van der Waals surface area contributed by atoms with E-state index in [2.05, 4.69) is 10.5 Å². The predicted molar refractivity (Wildman–Crippen MR) is 153 cm³/mol. The molecule has 2 bridgehead atoms. The first-order valence-electron chi connectivity index (χ1n) is 13.3. The van der Waals surface area contributed by atoms with Crippen LogP contribution in [0.25, 0.3) is 0 Å². The molecule has 0 radical (unpaired) electrons. The van der Waals surface area contributed by atoms with Crippen LogP contribution in [0.2, 0.25) is 0 Å². The van der Waals surface area contributed by atoms with Gasteiger partial charge < -0.3 is 5.73 Å². The summed E-state index contributed by atoms with van der Waals surface area (Å²) in [6.45, 7) is 1.97. The van der Waals surface area contributed by atoms with Crippen LogP contribution in [0, 0.1) is 18.8 Å². The number of anilines is 2. The molecular formula is C33H26N4O3. The van der Waals surface area contributed by atoms with E-state index >= 15 is 0 Å². The maximum atomic E-state index is 14.4. The van der Waals surface area contributed by atoms with Crippen LogP contribution in [0.5, 0.6) is 0 Å². The standard InChI is InChI=1S/C33H26N4O3/c1-19-14-16-20(17-15-19)37-31(39)28-27-21-8-2-5-11-24(21)33(29(28)32(37)40,25-12-6-3-9-22(25)27)18-35-36-30(38)23-10-4-7-13-26(23)34/h2-18,27-29H,34H2,1H3,(H,36,38)/b35-18-/t27?,28-,29-,33?/m0/s1. The molecule has 1 aliphatic heterocycles. The summed E-state index contributed by atoms with van der Waals surface area (Å²) >= 11 is 0. The number of para-hydroxylation sites is 1. The van der Waals surface area contributed by atoms with Gasteiger partial charge in [0.2, 0.25) is 11.8 Å². The Morgan fingerprint density at radius 2 is 1.45 bits per heavy atom. The minimum Gasteiger partial charge on any atom is -0.398 e. The average molecular weight is 527 g/mol. The van der Waals surface area contributed by atoms with E-state index in [9.17, 15) is 14.4 Å². The van der Waals surface area contributed by atoms with E-state index in [1.807, 2.05) is 79.7 Å². The highest BCUT2D eigenvalue weighted by atomic mass is 16.2. The van der Waals surface area contributed by atoms with Crippen LogP contribution in [0.1, 0.15) is 44.1 Å². The molecule has 196 valence electrons. The van der Waals surface area contributed by atoms with Crippen molar-refractivity contribution in [2.45, 2.75) is 18.3 Å². The van der Waals surface area contributed by atoms with Gasteiger partial charge in [0.15, 0.2) is 0 Å². The molecular weight excluding hydrogens is 500 g/mol. The summed E-state index contributed by atoms with van der Waals surface area (Å²) in [4.78, 5) is 42.8. The lowest BCUT2D eigenvalue weighted by Gasteiger charge is -2.52. The minimum absolute atomic E-state index is 0.216. The van der Waals surface area contributed by atoms with Crippen LogP contribution in [0.15, 0.2) is 102 Å². The van der Waals surface area contributed by atoms with Crippen LogP contribution in [-0.4, -0.2) is 23.9 Å². The van der Waals surface area contributed by atoms with Crippen LogP contribution in [0.4, 0.5) is 11.4 Å². The van der Waals surface area contributed by atoms with Crippen molar-refractivity contribution in [2.24, 2.45) is 16.9 Å². The summed E-state index contributed by atoms with van der Waals surface area (Å²) in [5, 5.41) is 4.44. The fourth-order valence-corrected chi connectivity index (χ4v) is 6.95. The van der Waals surface area contributed by atoms with Gasteiger partial charge in [0.05, 0.1) is 28.5 Å².